The zero-order valence-corrected chi connectivity index (χ0v) is 9.10. The molecule has 0 aliphatic heterocycles. The number of fused-ring (bicyclic) bond motifs is 1. The maximum absolute atomic E-state index is 9.72. The molecular weight excluding hydrogens is 272 g/mol. The molecule has 2 aromatic rings. The minimum atomic E-state index is 0. The van der Waals surface area contributed by atoms with Crippen LogP contribution in [0.5, 0.6) is 11.5 Å². The van der Waals surface area contributed by atoms with E-state index < -0.39 is 0 Å². The molecule has 0 unspecified atom stereocenters. The smallest absolute Gasteiger partial charge is 0.165 e. The van der Waals surface area contributed by atoms with Gasteiger partial charge < -0.3 is 9.84 Å². The maximum atomic E-state index is 9.72. The molecule has 0 fully saturated rings. The molecule has 0 heterocycles. The minimum absolute atomic E-state index is 0. The van der Waals surface area contributed by atoms with Crippen LogP contribution < -0.4 is 4.74 Å². The van der Waals surface area contributed by atoms with Gasteiger partial charge in [-0.25, -0.2) is 0 Å². The summed E-state index contributed by atoms with van der Waals surface area (Å²) >= 11 is 0. The summed E-state index contributed by atoms with van der Waals surface area (Å²) in [6, 6.07) is 11.3. The summed E-state index contributed by atoms with van der Waals surface area (Å²) in [6.45, 7) is 0. The SMILES string of the molecule is COc1ccc2ccccc2c1O.[Ag]. The van der Waals surface area contributed by atoms with Crippen molar-refractivity contribution in [3.05, 3.63) is 36.4 Å². The summed E-state index contributed by atoms with van der Waals surface area (Å²) in [5.41, 5.74) is 0. The van der Waals surface area contributed by atoms with Crippen LogP contribution in [-0.2, 0) is 22.4 Å². The quantitative estimate of drug-likeness (QED) is 0.814. The third-order valence-electron chi connectivity index (χ3n) is 2.08. The Labute approximate surface area is 98.0 Å². The first kappa shape index (κ1) is 11.1. The molecule has 0 aliphatic rings. The molecule has 14 heavy (non-hydrogen) atoms. The van der Waals surface area contributed by atoms with E-state index >= 15 is 0 Å². The van der Waals surface area contributed by atoms with Crippen molar-refractivity contribution < 1.29 is 32.2 Å². The normalized spacial score (nSPS) is 9.50. The first-order valence-electron chi connectivity index (χ1n) is 4.07. The molecular formula is C11H10AgO2. The van der Waals surface area contributed by atoms with E-state index in [2.05, 4.69) is 0 Å². The minimum Gasteiger partial charge on any atom is -0.504 e. The van der Waals surface area contributed by atoms with E-state index in [0.717, 1.165) is 10.8 Å². The third kappa shape index (κ3) is 1.77. The Balaban J connectivity index is 0.000000980. The van der Waals surface area contributed by atoms with Crippen LogP contribution in [0.3, 0.4) is 0 Å². The summed E-state index contributed by atoms with van der Waals surface area (Å²) in [5.74, 6) is 0.722. The van der Waals surface area contributed by atoms with Crippen molar-refractivity contribution >= 4 is 10.8 Å². The molecule has 0 aromatic heterocycles. The van der Waals surface area contributed by atoms with Crippen LogP contribution in [0.15, 0.2) is 36.4 Å². The second-order valence-electron chi connectivity index (χ2n) is 2.84. The topological polar surface area (TPSA) is 29.5 Å². The van der Waals surface area contributed by atoms with Crippen molar-refractivity contribution in [2.45, 2.75) is 0 Å². The average molecular weight is 282 g/mol. The zero-order chi connectivity index (χ0) is 9.26. The zero-order valence-electron chi connectivity index (χ0n) is 7.62. The Morgan fingerprint density at radius 1 is 1.07 bits per heavy atom. The second kappa shape index (κ2) is 4.51. The Bertz CT molecular complexity index is 440. The van der Waals surface area contributed by atoms with E-state index in [0.29, 0.717) is 5.75 Å². The summed E-state index contributed by atoms with van der Waals surface area (Å²) in [6.07, 6.45) is 0. The molecule has 0 saturated carbocycles. The molecule has 0 spiro atoms. The largest absolute Gasteiger partial charge is 0.504 e. The number of hydrogen-bond acceptors (Lipinski definition) is 2. The predicted molar refractivity (Wildman–Crippen MR) is 52.2 cm³/mol. The van der Waals surface area contributed by atoms with Gasteiger partial charge in [0.05, 0.1) is 7.11 Å². The number of aromatic hydroxyl groups is 1. The maximum Gasteiger partial charge on any atom is 0.165 e. The van der Waals surface area contributed by atoms with Gasteiger partial charge in [-0.2, -0.15) is 0 Å². The van der Waals surface area contributed by atoms with Crippen molar-refractivity contribution in [3.8, 4) is 11.5 Å². The molecule has 3 heteroatoms. The number of phenols is 1. The summed E-state index contributed by atoms with van der Waals surface area (Å²) < 4.78 is 5.00. The van der Waals surface area contributed by atoms with Crippen molar-refractivity contribution in [3.63, 3.8) is 0 Å². The third-order valence-corrected chi connectivity index (χ3v) is 2.08. The molecule has 0 bridgehead atoms. The van der Waals surface area contributed by atoms with E-state index in [1.807, 2.05) is 30.3 Å². The molecule has 1 radical (unpaired) electrons. The standard InChI is InChI=1S/C11H10O2.Ag/c1-13-10-7-6-8-4-2-3-5-9(8)11(10)12;/h2-7,12H,1H3;. The van der Waals surface area contributed by atoms with Crippen LogP contribution in [0.4, 0.5) is 0 Å². The van der Waals surface area contributed by atoms with E-state index in [4.69, 9.17) is 4.74 Å². The van der Waals surface area contributed by atoms with Crippen LogP contribution in [-0.4, -0.2) is 12.2 Å². The molecule has 0 atom stereocenters. The molecule has 1 N–H and O–H groups in total. The van der Waals surface area contributed by atoms with Gasteiger partial charge in [-0.15, -0.1) is 0 Å². The van der Waals surface area contributed by atoms with Crippen molar-refractivity contribution in [2.24, 2.45) is 0 Å². The number of hydrogen-bond donors (Lipinski definition) is 1. The van der Waals surface area contributed by atoms with Crippen LogP contribution in [0.2, 0.25) is 0 Å². The number of rotatable bonds is 1. The van der Waals surface area contributed by atoms with Gasteiger partial charge in [0.2, 0.25) is 0 Å². The van der Waals surface area contributed by atoms with E-state index in [9.17, 15) is 5.11 Å². The predicted octanol–water partition coefficient (Wildman–Crippen LogP) is 2.55. The molecule has 0 aliphatic carbocycles. The van der Waals surface area contributed by atoms with Gasteiger partial charge in [-0.05, 0) is 11.5 Å². The fraction of sp³-hybridized carbons (Fsp3) is 0.0909. The first-order valence-corrected chi connectivity index (χ1v) is 4.07. The van der Waals surface area contributed by atoms with Gasteiger partial charge in [0, 0.05) is 27.8 Å². The van der Waals surface area contributed by atoms with Crippen molar-refractivity contribution in [1.82, 2.24) is 0 Å². The van der Waals surface area contributed by atoms with Gasteiger partial charge in [0.15, 0.2) is 11.5 Å². The van der Waals surface area contributed by atoms with Crippen molar-refractivity contribution in [1.29, 1.82) is 0 Å². The van der Waals surface area contributed by atoms with E-state index in [-0.39, 0.29) is 28.1 Å². The van der Waals surface area contributed by atoms with E-state index in [1.165, 1.54) is 0 Å². The summed E-state index contributed by atoms with van der Waals surface area (Å²) in [5, 5.41) is 11.6. The number of phenolic OH excluding ortho intramolecular Hbond substituents is 1. The average Bonchev–Trinajstić information content (AvgIpc) is 2.19. The molecule has 2 aromatic carbocycles. The van der Waals surface area contributed by atoms with Crippen LogP contribution in [0, 0.1) is 0 Å². The fourth-order valence-corrected chi connectivity index (χ4v) is 1.40. The molecule has 0 amide bonds. The van der Waals surface area contributed by atoms with Crippen LogP contribution >= 0.6 is 0 Å². The Morgan fingerprint density at radius 2 is 1.79 bits per heavy atom. The molecule has 2 rings (SSSR count). The van der Waals surface area contributed by atoms with Gasteiger partial charge in [-0.1, -0.05) is 30.3 Å². The molecule has 77 valence electrons. The Hall–Kier alpha value is -0.960. The number of benzene rings is 2. The monoisotopic (exact) mass is 281 g/mol. The van der Waals surface area contributed by atoms with Crippen LogP contribution in [0.1, 0.15) is 0 Å². The van der Waals surface area contributed by atoms with E-state index in [1.54, 1.807) is 13.2 Å². The van der Waals surface area contributed by atoms with Crippen molar-refractivity contribution in [2.75, 3.05) is 7.11 Å². The van der Waals surface area contributed by atoms with Gasteiger partial charge in [-0.3, -0.25) is 0 Å². The Morgan fingerprint density at radius 3 is 2.50 bits per heavy atom. The van der Waals surface area contributed by atoms with Gasteiger partial charge in [0.1, 0.15) is 0 Å². The number of ether oxygens (including phenoxy) is 1. The summed E-state index contributed by atoms with van der Waals surface area (Å²) in [7, 11) is 1.55. The van der Waals surface area contributed by atoms with Crippen LogP contribution in [0.25, 0.3) is 10.8 Å². The van der Waals surface area contributed by atoms with Gasteiger partial charge >= 0.3 is 0 Å². The number of methoxy groups -OCH3 is 1. The first-order chi connectivity index (χ1) is 6.33. The molecule has 0 saturated heterocycles. The summed E-state index contributed by atoms with van der Waals surface area (Å²) in [4.78, 5) is 0. The Kier molecular flexibility index (Phi) is 3.58. The second-order valence-corrected chi connectivity index (χ2v) is 2.84. The van der Waals surface area contributed by atoms with Gasteiger partial charge in [0.25, 0.3) is 0 Å². The molecule has 2 nitrogen and oxygen atoms in total. The fourth-order valence-electron chi connectivity index (χ4n) is 1.40.